The molecule has 0 saturated carbocycles. The Bertz CT molecular complexity index is 843. The standard InChI is InChI=1S/C18H22N2O3S/c1-12-5-6-13(2)18(11-12)14(3)20-24(22,23)17-9-7-16(8-10-17)19-15(4)21/h5-11,14,20H,1-4H3,(H,19,21). The van der Waals surface area contributed by atoms with Gasteiger partial charge in [0.15, 0.2) is 0 Å². The van der Waals surface area contributed by atoms with E-state index in [1.165, 1.54) is 19.1 Å². The van der Waals surface area contributed by atoms with Gasteiger partial charge in [-0.25, -0.2) is 13.1 Å². The fourth-order valence-electron chi connectivity index (χ4n) is 2.51. The summed E-state index contributed by atoms with van der Waals surface area (Å²) >= 11 is 0. The second-order valence-electron chi connectivity index (χ2n) is 5.91. The summed E-state index contributed by atoms with van der Waals surface area (Å²) in [6, 6.07) is 11.7. The predicted molar refractivity (Wildman–Crippen MR) is 95.4 cm³/mol. The molecule has 5 nitrogen and oxygen atoms in total. The molecule has 0 fully saturated rings. The number of nitrogens with one attached hydrogen (secondary N) is 2. The van der Waals surface area contributed by atoms with E-state index in [2.05, 4.69) is 10.0 Å². The van der Waals surface area contributed by atoms with Crippen molar-refractivity contribution in [1.29, 1.82) is 0 Å². The van der Waals surface area contributed by atoms with E-state index < -0.39 is 10.0 Å². The van der Waals surface area contributed by atoms with Gasteiger partial charge in [0, 0.05) is 18.7 Å². The molecule has 0 saturated heterocycles. The van der Waals surface area contributed by atoms with Crippen molar-refractivity contribution >= 4 is 21.6 Å². The number of hydrogen-bond donors (Lipinski definition) is 2. The third kappa shape index (κ3) is 4.43. The Balaban J connectivity index is 2.21. The van der Waals surface area contributed by atoms with Gasteiger partial charge in [-0.05, 0) is 56.2 Å². The highest BCUT2D eigenvalue weighted by Crippen LogP contribution is 2.22. The Kier molecular flexibility index (Phi) is 5.41. The molecule has 0 heterocycles. The Morgan fingerprint density at radius 2 is 1.67 bits per heavy atom. The van der Waals surface area contributed by atoms with Gasteiger partial charge in [-0.2, -0.15) is 0 Å². The van der Waals surface area contributed by atoms with Crippen molar-refractivity contribution in [3.63, 3.8) is 0 Å². The minimum Gasteiger partial charge on any atom is -0.326 e. The number of amides is 1. The SMILES string of the molecule is CC(=O)Nc1ccc(S(=O)(=O)NC(C)c2cc(C)ccc2C)cc1. The molecule has 2 rings (SSSR count). The zero-order valence-corrected chi connectivity index (χ0v) is 15.1. The van der Waals surface area contributed by atoms with E-state index in [4.69, 9.17) is 0 Å². The van der Waals surface area contributed by atoms with E-state index in [1.807, 2.05) is 39.0 Å². The summed E-state index contributed by atoms with van der Waals surface area (Å²) < 4.78 is 27.8. The maximum Gasteiger partial charge on any atom is 0.241 e. The largest absolute Gasteiger partial charge is 0.326 e. The lowest BCUT2D eigenvalue weighted by atomic mass is 10.0. The molecule has 1 atom stereocenters. The number of carbonyl (C=O) groups excluding carboxylic acids is 1. The average molecular weight is 346 g/mol. The zero-order valence-electron chi connectivity index (χ0n) is 14.3. The number of rotatable bonds is 5. The smallest absolute Gasteiger partial charge is 0.241 e. The first-order chi connectivity index (χ1) is 11.2. The molecule has 1 unspecified atom stereocenters. The van der Waals surface area contributed by atoms with Gasteiger partial charge in [0.25, 0.3) is 0 Å². The van der Waals surface area contributed by atoms with E-state index in [0.717, 1.165) is 16.7 Å². The Morgan fingerprint density at radius 1 is 1.04 bits per heavy atom. The topological polar surface area (TPSA) is 75.3 Å². The Morgan fingerprint density at radius 3 is 2.25 bits per heavy atom. The van der Waals surface area contributed by atoms with E-state index in [-0.39, 0.29) is 16.8 Å². The molecule has 0 spiro atoms. The molecule has 128 valence electrons. The van der Waals surface area contributed by atoms with Gasteiger partial charge in [0.05, 0.1) is 4.90 Å². The normalized spacial score (nSPS) is 12.7. The van der Waals surface area contributed by atoms with Crippen LogP contribution in [0.2, 0.25) is 0 Å². The van der Waals surface area contributed by atoms with Gasteiger partial charge < -0.3 is 5.32 Å². The van der Waals surface area contributed by atoms with Crippen LogP contribution in [0.25, 0.3) is 0 Å². The summed E-state index contributed by atoms with van der Waals surface area (Å²) in [5, 5.41) is 2.61. The van der Waals surface area contributed by atoms with Crippen molar-refractivity contribution in [2.75, 3.05) is 5.32 Å². The fraction of sp³-hybridized carbons (Fsp3) is 0.278. The number of carbonyl (C=O) groups is 1. The average Bonchev–Trinajstić information content (AvgIpc) is 2.49. The summed E-state index contributed by atoms with van der Waals surface area (Å²) in [7, 11) is -3.65. The molecule has 1 amide bonds. The van der Waals surface area contributed by atoms with Crippen molar-refractivity contribution in [1.82, 2.24) is 4.72 Å². The third-order valence-electron chi connectivity index (χ3n) is 3.72. The molecule has 0 aromatic heterocycles. The molecule has 0 aliphatic heterocycles. The number of sulfonamides is 1. The van der Waals surface area contributed by atoms with Crippen LogP contribution in [0.1, 0.15) is 36.6 Å². The lowest BCUT2D eigenvalue weighted by Crippen LogP contribution is -2.27. The molecular weight excluding hydrogens is 324 g/mol. The van der Waals surface area contributed by atoms with Crippen molar-refractivity contribution in [2.45, 2.75) is 38.6 Å². The molecule has 2 aromatic carbocycles. The van der Waals surface area contributed by atoms with Crippen LogP contribution in [-0.4, -0.2) is 14.3 Å². The predicted octanol–water partition coefficient (Wildman–Crippen LogP) is 3.30. The van der Waals surface area contributed by atoms with E-state index in [1.54, 1.807) is 12.1 Å². The molecule has 2 N–H and O–H groups in total. The molecular formula is C18H22N2O3S. The summed E-state index contributed by atoms with van der Waals surface area (Å²) in [6.45, 7) is 7.16. The van der Waals surface area contributed by atoms with Crippen LogP contribution >= 0.6 is 0 Å². The van der Waals surface area contributed by atoms with Crippen LogP contribution in [-0.2, 0) is 14.8 Å². The molecule has 24 heavy (non-hydrogen) atoms. The summed E-state index contributed by atoms with van der Waals surface area (Å²) in [4.78, 5) is 11.2. The highest BCUT2D eigenvalue weighted by molar-refractivity contribution is 7.89. The fourth-order valence-corrected chi connectivity index (χ4v) is 3.73. The summed E-state index contributed by atoms with van der Waals surface area (Å²) in [5.41, 5.74) is 3.63. The minimum atomic E-state index is -3.65. The van der Waals surface area contributed by atoms with E-state index in [9.17, 15) is 13.2 Å². The highest BCUT2D eigenvalue weighted by Gasteiger charge is 2.19. The zero-order chi connectivity index (χ0) is 17.9. The second kappa shape index (κ2) is 7.15. The highest BCUT2D eigenvalue weighted by atomic mass is 32.2. The van der Waals surface area contributed by atoms with Crippen molar-refractivity contribution in [2.24, 2.45) is 0 Å². The van der Waals surface area contributed by atoms with Gasteiger partial charge >= 0.3 is 0 Å². The third-order valence-corrected chi connectivity index (χ3v) is 5.27. The quantitative estimate of drug-likeness (QED) is 0.872. The first-order valence-corrected chi connectivity index (χ1v) is 9.14. The molecule has 2 aromatic rings. The van der Waals surface area contributed by atoms with Crippen LogP contribution in [0, 0.1) is 13.8 Å². The van der Waals surface area contributed by atoms with Crippen molar-refractivity contribution in [3.05, 3.63) is 59.2 Å². The Hall–Kier alpha value is -2.18. The monoisotopic (exact) mass is 346 g/mol. The van der Waals surface area contributed by atoms with Crippen molar-refractivity contribution < 1.29 is 13.2 Å². The number of aryl methyl sites for hydroxylation is 2. The van der Waals surface area contributed by atoms with Gasteiger partial charge in [-0.1, -0.05) is 23.8 Å². The first kappa shape index (κ1) is 18.2. The number of benzene rings is 2. The second-order valence-corrected chi connectivity index (χ2v) is 7.62. The Labute approximate surface area is 143 Å². The molecule has 6 heteroatoms. The van der Waals surface area contributed by atoms with E-state index >= 15 is 0 Å². The van der Waals surface area contributed by atoms with Crippen LogP contribution in [0.4, 0.5) is 5.69 Å². The van der Waals surface area contributed by atoms with E-state index in [0.29, 0.717) is 5.69 Å². The summed E-state index contributed by atoms with van der Waals surface area (Å²) in [6.07, 6.45) is 0. The van der Waals surface area contributed by atoms with Crippen LogP contribution in [0.3, 0.4) is 0 Å². The molecule has 0 aliphatic rings. The van der Waals surface area contributed by atoms with Gasteiger partial charge in [0.1, 0.15) is 0 Å². The minimum absolute atomic E-state index is 0.161. The van der Waals surface area contributed by atoms with Crippen LogP contribution < -0.4 is 10.0 Å². The maximum atomic E-state index is 12.5. The lowest BCUT2D eigenvalue weighted by molar-refractivity contribution is -0.114. The first-order valence-electron chi connectivity index (χ1n) is 7.66. The molecule has 0 radical (unpaired) electrons. The van der Waals surface area contributed by atoms with Crippen molar-refractivity contribution in [3.8, 4) is 0 Å². The lowest BCUT2D eigenvalue weighted by Gasteiger charge is -2.17. The number of anilines is 1. The maximum absolute atomic E-state index is 12.5. The summed E-state index contributed by atoms with van der Waals surface area (Å²) in [5.74, 6) is -0.202. The molecule has 0 bridgehead atoms. The van der Waals surface area contributed by atoms with Crippen LogP contribution in [0.15, 0.2) is 47.4 Å². The van der Waals surface area contributed by atoms with Gasteiger partial charge in [0.2, 0.25) is 15.9 Å². The molecule has 0 aliphatic carbocycles. The number of hydrogen-bond acceptors (Lipinski definition) is 3. The van der Waals surface area contributed by atoms with Crippen LogP contribution in [0.5, 0.6) is 0 Å². The van der Waals surface area contributed by atoms with Gasteiger partial charge in [-0.15, -0.1) is 0 Å². The van der Waals surface area contributed by atoms with Gasteiger partial charge in [-0.3, -0.25) is 4.79 Å².